The first-order valence-electron chi connectivity index (χ1n) is 16.2. The van der Waals surface area contributed by atoms with Crippen LogP contribution in [0.3, 0.4) is 0 Å². The number of aromatic nitrogens is 6. The lowest BCUT2D eigenvalue weighted by molar-refractivity contribution is 0.107. The Morgan fingerprint density at radius 2 is 2.04 bits per heavy atom. The van der Waals surface area contributed by atoms with Crippen LogP contribution < -0.4 is 9.64 Å². The molecule has 0 unspecified atom stereocenters. The van der Waals surface area contributed by atoms with Gasteiger partial charge in [-0.25, -0.2) is 13.8 Å². The number of aryl methyl sites for hydroxylation is 1. The molecule has 47 heavy (non-hydrogen) atoms. The third-order valence-corrected chi connectivity index (χ3v) is 10.6. The number of anilines is 1. The van der Waals surface area contributed by atoms with Crippen LogP contribution in [0.15, 0.2) is 29.1 Å². The van der Waals surface area contributed by atoms with E-state index in [-0.39, 0.29) is 29.7 Å². The van der Waals surface area contributed by atoms with Crippen molar-refractivity contribution >= 4 is 39.2 Å². The lowest BCUT2D eigenvalue weighted by Crippen LogP contribution is -2.43. The normalized spacial score (nSPS) is 24.7. The van der Waals surface area contributed by atoms with Gasteiger partial charge in [0.1, 0.15) is 35.6 Å². The second-order valence-corrected chi connectivity index (χ2v) is 13.6. The van der Waals surface area contributed by atoms with Crippen LogP contribution in [-0.4, -0.2) is 92.7 Å². The predicted octanol–water partition coefficient (Wildman–Crippen LogP) is 5.10. The lowest BCUT2D eigenvalue weighted by atomic mass is 9.95. The number of oxazole rings is 1. The summed E-state index contributed by atoms with van der Waals surface area (Å²) in [5, 5.41) is 8.80. The molecule has 8 bridgehead atoms. The zero-order chi connectivity index (χ0) is 31.7. The van der Waals surface area contributed by atoms with Gasteiger partial charge in [0, 0.05) is 67.0 Å². The molecule has 14 heteroatoms. The highest BCUT2D eigenvalue weighted by atomic mass is 35.5. The number of benzene rings is 1. The van der Waals surface area contributed by atoms with Gasteiger partial charge in [-0.1, -0.05) is 11.6 Å². The van der Waals surface area contributed by atoms with Crippen LogP contribution >= 0.6 is 11.6 Å². The third kappa shape index (κ3) is 5.01. The number of fused-ring (bicyclic) bond motifs is 4. The van der Waals surface area contributed by atoms with Gasteiger partial charge in [0.2, 0.25) is 0 Å². The fourth-order valence-corrected chi connectivity index (χ4v) is 8.31. The van der Waals surface area contributed by atoms with Crippen molar-refractivity contribution in [3.8, 4) is 17.3 Å². The van der Waals surface area contributed by atoms with E-state index in [1.54, 1.807) is 24.7 Å². The van der Waals surface area contributed by atoms with Gasteiger partial charge in [0.05, 0.1) is 42.0 Å². The Bertz CT molecular complexity index is 2000. The number of rotatable bonds is 3. The zero-order valence-corrected chi connectivity index (χ0v) is 26.4. The number of nitrogens with one attached hydrogen (secondary N) is 1. The summed E-state index contributed by atoms with van der Waals surface area (Å²) >= 11 is 6.87. The number of H-pyrrole nitrogens is 1. The molecule has 5 aliphatic heterocycles. The van der Waals surface area contributed by atoms with Crippen LogP contribution in [0.4, 0.5) is 14.6 Å². The van der Waals surface area contributed by atoms with Crippen LogP contribution in [0.25, 0.3) is 33.1 Å². The van der Waals surface area contributed by atoms with E-state index in [4.69, 9.17) is 35.5 Å². The molecule has 3 fully saturated rings. The number of aromatic amines is 1. The molecule has 5 aliphatic rings. The van der Waals surface area contributed by atoms with E-state index in [1.807, 2.05) is 0 Å². The van der Waals surface area contributed by atoms with Crippen LogP contribution in [0.1, 0.15) is 36.5 Å². The second-order valence-electron chi connectivity index (χ2n) is 13.2. The molecule has 244 valence electrons. The molecular formula is C33H33ClF2N8O3. The van der Waals surface area contributed by atoms with E-state index >= 15 is 4.39 Å². The van der Waals surface area contributed by atoms with Crippen LogP contribution in [0, 0.1) is 11.7 Å². The highest BCUT2D eigenvalue weighted by Gasteiger charge is 2.49. The molecule has 9 heterocycles. The van der Waals surface area contributed by atoms with Gasteiger partial charge in [-0.15, -0.1) is 0 Å². The number of nitrogens with zero attached hydrogens (tertiary/aromatic N) is 7. The molecule has 0 saturated carbocycles. The lowest BCUT2D eigenvalue weighted by Gasteiger charge is -2.31. The van der Waals surface area contributed by atoms with Crippen molar-refractivity contribution in [2.45, 2.75) is 50.2 Å². The van der Waals surface area contributed by atoms with Gasteiger partial charge >= 0.3 is 6.01 Å². The fourth-order valence-electron chi connectivity index (χ4n) is 8.01. The van der Waals surface area contributed by atoms with Gasteiger partial charge in [-0.05, 0) is 37.4 Å². The quantitative estimate of drug-likeness (QED) is 0.280. The Hall–Kier alpha value is -3.94. The smallest absolute Gasteiger partial charge is 0.319 e. The first-order valence-corrected chi connectivity index (χ1v) is 16.6. The Labute approximate surface area is 273 Å². The molecule has 1 N–H and O–H groups in total. The van der Waals surface area contributed by atoms with Crippen molar-refractivity contribution in [3.63, 3.8) is 0 Å². The largest absolute Gasteiger partial charge is 0.461 e. The van der Waals surface area contributed by atoms with E-state index < -0.39 is 17.5 Å². The Balaban J connectivity index is 1.23. The molecular weight excluding hydrogens is 630 g/mol. The van der Waals surface area contributed by atoms with Crippen molar-refractivity contribution in [3.05, 3.63) is 52.7 Å². The Morgan fingerprint density at radius 3 is 2.98 bits per heavy atom. The second kappa shape index (κ2) is 11.3. The molecule has 10 rings (SSSR count). The standard InChI is InChI=1S/C33H33ClF2N8O3/c34-24-9-25-22(13-39-42-25)27-21(24)3-2-20-11-37-26(47-20)8-18-14-43(6-7-45-16-18)31-23-12-38-30(27)28(36)29(23)40-32(41-31)46-17-33-4-1-5-44(33)15-19(35)10-33/h9,11-13,18-19H,1-8,10,14-17H2,(H,39,42)/t18-,19+,33-/m0/s1. The molecule has 11 nitrogen and oxygen atoms in total. The van der Waals surface area contributed by atoms with Gasteiger partial charge < -0.3 is 18.8 Å². The molecule has 0 radical (unpaired) electrons. The minimum absolute atomic E-state index is 0.0406. The number of ether oxygens (including phenoxy) is 2. The first-order chi connectivity index (χ1) is 22.9. The summed E-state index contributed by atoms with van der Waals surface area (Å²) in [5.41, 5.74) is 1.72. The van der Waals surface area contributed by atoms with Crippen molar-refractivity contribution < 1.29 is 22.7 Å². The summed E-state index contributed by atoms with van der Waals surface area (Å²) in [6.07, 6.45) is 7.90. The van der Waals surface area contributed by atoms with Crippen LogP contribution in [0.2, 0.25) is 5.02 Å². The van der Waals surface area contributed by atoms with Crippen molar-refractivity contribution in [1.29, 1.82) is 0 Å². The number of hydrogen-bond acceptors (Lipinski definition) is 10. The van der Waals surface area contributed by atoms with Crippen LogP contribution in [0.5, 0.6) is 6.01 Å². The highest BCUT2D eigenvalue weighted by molar-refractivity contribution is 6.33. The maximum atomic E-state index is 17.1. The number of halogens is 3. The molecule has 5 aromatic rings. The van der Waals surface area contributed by atoms with Crippen molar-refractivity contribution in [2.75, 3.05) is 50.9 Å². The van der Waals surface area contributed by atoms with Gasteiger partial charge in [0.25, 0.3) is 0 Å². The number of alkyl halides is 1. The summed E-state index contributed by atoms with van der Waals surface area (Å²) in [7, 11) is 0. The Kier molecular flexibility index (Phi) is 7.05. The topological polar surface area (TPSA) is 118 Å². The van der Waals surface area contributed by atoms with Gasteiger partial charge in [-0.3, -0.25) is 15.0 Å². The van der Waals surface area contributed by atoms with Gasteiger partial charge in [0.15, 0.2) is 11.7 Å². The summed E-state index contributed by atoms with van der Waals surface area (Å²) < 4.78 is 50.1. The molecule has 0 spiro atoms. The molecule has 0 amide bonds. The SMILES string of the molecule is Fc1c2ncc3c(nc(OC[C@@]45CCCN4C[C@H](F)C5)nc13)N1CCOC[C@@H](Cc3ncc(o3)CCc3c(Cl)cc4[nH]ncc4c3-2)C1. The number of pyridine rings is 1. The number of hydrogen-bond donors (Lipinski definition) is 1. The minimum Gasteiger partial charge on any atom is -0.461 e. The summed E-state index contributed by atoms with van der Waals surface area (Å²) in [6, 6.07) is 1.85. The highest BCUT2D eigenvalue weighted by Crippen LogP contribution is 2.42. The van der Waals surface area contributed by atoms with E-state index in [9.17, 15) is 4.39 Å². The van der Waals surface area contributed by atoms with Gasteiger partial charge in [-0.2, -0.15) is 15.1 Å². The third-order valence-electron chi connectivity index (χ3n) is 10.2. The van der Waals surface area contributed by atoms with E-state index in [0.717, 1.165) is 24.9 Å². The van der Waals surface area contributed by atoms with E-state index in [1.165, 1.54) is 0 Å². The molecule has 3 saturated heterocycles. The van der Waals surface area contributed by atoms with Crippen molar-refractivity contribution in [1.82, 2.24) is 35.0 Å². The maximum Gasteiger partial charge on any atom is 0.319 e. The summed E-state index contributed by atoms with van der Waals surface area (Å²) in [4.78, 5) is 23.1. The Morgan fingerprint density at radius 1 is 1.11 bits per heavy atom. The van der Waals surface area contributed by atoms with E-state index in [0.29, 0.717) is 103 Å². The summed E-state index contributed by atoms with van der Waals surface area (Å²) in [5.74, 6) is 1.29. The van der Waals surface area contributed by atoms with Crippen molar-refractivity contribution in [2.24, 2.45) is 5.92 Å². The van der Waals surface area contributed by atoms with Crippen LogP contribution in [-0.2, 0) is 24.0 Å². The minimum atomic E-state index is -0.898. The monoisotopic (exact) mass is 662 g/mol. The molecule has 0 aliphatic carbocycles. The average molecular weight is 663 g/mol. The summed E-state index contributed by atoms with van der Waals surface area (Å²) in [6.45, 7) is 3.54. The molecule has 4 aromatic heterocycles. The molecule has 1 aromatic carbocycles. The van der Waals surface area contributed by atoms with E-state index in [2.05, 4.69) is 30.0 Å². The zero-order valence-electron chi connectivity index (χ0n) is 25.6. The maximum absolute atomic E-state index is 17.1. The first kappa shape index (κ1) is 29.2. The predicted molar refractivity (Wildman–Crippen MR) is 170 cm³/mol. The molecule has 3 atom stereocenters. The fraction of sp³-hybridized carbons (Fsp3) is 0.485. The average Bonchev–Trinajstić information content (AvgIpc) is 3.81.